The van der Waals surface area contributed by atoms with Gasteiger partial charge in [-0.25, -0.2) is 4.79 Å². The summed E-state index contributed by atoms with van der Waals surface area (Å²) in [4.78, 5) is 10.6. The van der Waals surface area contributed by atoms with Crippen LogP contribution in [0.4, 0.5) is 0 Å². The highest BCUT2D eigenvalue weighted by molar-refractivity contribution is 5.74. The van der Waals surface area contributed by atoms with Crippen LogP contribution in [0.1, 0.15) is 84.0 Å². The number of unbranched alkanes of at least 4 members (excludes halogenated alkanes) is 4. The first-order valence-electron chi connectivity index (χ1n) is 10.4. The van der Waals surface area contributed by atoms with E-state index in [4.69, 9.17) is 5.11 Å². The lowest BCUT2D eigenvalue weighted by Crippen LogP contribution is -2.37. The quantitative estimate of drug-likeness (QED) is 0.211. The minimum atomic E-state index is -2.59. The Morgan fingerprint density at radius 1 is 1.15 bits per heavy atom. The van der Waals surface area contributed by atoms with Crippen LogP contribution in [0.25, 0.3) is 0 Å². The van der Waals surface area contributed by atoms with E-state index in [-0.39, 0.29) is 18.9 Å². The number of carboxylic acid groups (broad SMARTS) is 1. The zero-order chi connectivity index (χ0) is 19.4. The van der Waals surface area contributed by atoms with Crippen LogP contribution in [0, 0.1) is 17.8 Å². The number of aliphatic carboxylic acids is 1. The lowest BCUT2D eigenvalue weighted by Gasteiger charge is -2.18. The van der Waals surface area contributed by atoms with E-state index in [1.54, 1.807) is 0 Å². The molecule has 0 bridgehead atoms. The molecule has 1 unspecified atom stereocenters. The molecular weight excluding hydrogens is 332 g/mol. The Morgan fingerprint density at radius 3 is 2.58 bits per heavy atom. The SMILES string of the molecule is CCCCCC(C=C[C@H]1CCC[C@@H]1CCCCCC(O)(O)C(=O)O)CO. The van der Waals surface area contributed by atoms with Crippen molar-refractivity contribution in [3.05, 3.63) is 12.2 Å². The normalized spacial score (nSPS) is 22.2. The van der Waals surface area contributed by atoms with Crippen molar-refractivity contribution in [2.24, 2.45) is 17.8 Å². The fourth-order valence-electron chi connectivity index (χ4n) is 3.94. The van der Waals surface area contributed by atoms with Crippen LogP contribution in [0.5, 0.6) is 0 Å². The molecule has 1 fully saturated rings. The fraction of sp³-hybridized carbons (Fsp3) is 0.857. The van der Waals surface area contributed by atoms with Crippen molar-refractivity contribution in [2.45, 2.75) is 89.8 Å². The highest BCUT2D eigenvalue weighted by atomic mass is 16.5. The number of carboxylic acids is 1. The van der Waals surface area contributed by atoms with E-state index in [1.807, 2.05) is 0 Å². The molecule has 3 atom stereocenters. The van der Waals surface area contributed by atoms with E-state index in [2.05, 4.69) is 19.1 Å². The first-order valence-corrected chi connectivity index (χ1v) is 10.4. The van der Waals surface area contributed by atoms with Gasteiger partial charge in [0.25, 0.3) is 5.79 Å². The molecule has 0 heterocycles. The Bertz CT molecular complexity index is 419. The molecule has 1 rings (SSSR count). The number of aliphatic hydroxyl groups excluding tert-OH is 1. The van der Waals surface area contributed by atoms with Gasteiger partial charge in [-0.2, -0.15) is 0 Å². The number of aliphatic hydroxyl groups is 3. The molecule has 4 N–H and O–H groups in total. The summed E-state index contributed by atoms with van der Waals surface area (Å²) >= 11 is 0. The summed E-state index contributed by atoms with van der Waals surface area (Å²) in [6, 6.07) is 0. The smallest absolute Gasteiger partial charge is 0.364 e. The zero-order valence-electron chi connectivity index (χ0n) is 16.3. The first-order chi connectivity index (χ1) is 12.4. The summed E-state index contributed by atoms with van der Waals surface area (Å²) in [5.74, 6) is -2.63. The minimum absolute atomic E-state index is 0.119. The predicted octanol–water partition coefficient (Wildman–Crippen LogP) is 3.86. The van der Waals surface area contributed by atoms with Crippen molar-refractivity contribution in [1.29, 1.82) is 0 Å². The van der Waals surface area contributed by atoms with Gasteiger partial charge >= 0.3 is 5.97 Å². The van der Waals surface area contributed by atoms with Crippen molar-refractivity contribution in [3.63, 3.8) is 0 Å². The lowest BCUT2D eigenvalue weighted by atomic mass is 9.89. The van der Waals surface area contributed by atoms with Crippen molar-refractivity contribution in [1.82, 2.24) is 0 Å². The second-order valence-corrected chi connectivity index (χ2v) is 7.90. The van der Waals surface area contributed by atoms with Crippen LogP contribution in [0.2, 0.25) is 0 Å². The molecule has 0 saturated heterocycles. The van der Waals surface area contributed by atoms with Crippen molar-refractivity contribution >= 4 is 5.97 Å². The van der Waals surface area contributed by atoms with Crippen molar-refractivity contribution < 1.29 is 25.2 Å². The average Bonchev–Trinajstić information content (AvgIpc) is 3.05. The van der Waals surface area contributed by atoms with Crippen LogP contribution in [-0.2, 0) is 4.79 Å². The average molecular weight is 371 g/mol. The van der Waals surface area contributed by atoms with Gasteiger partial charge in [-0.05, 0) is 49.9 Å². The molecular formula is C21H38O5. The first kappa shape index (κ1) is 23.1. The van der Waals surface area contributed by atoms with Gasteiger partial charge in [0.1, 0.15) is 0 Å². The van der Waals surface area contributed by atoms with E-state index < -0.39 is 11.8 Å². The largest absolute Gasteiger partial charge is 0.477 e. The summed E-state index contributed by atoms with van der Waals surface area (Å²) in [6.45, 7) is 2.42. The Morgan fingerprint density at radius 2 is 1.92 bits per heavy atom. The van der Waals surface area contributed by atoms with Gasteiger partial charge in [-0.15, -0.1) is 0 Å². The molecule has 0 aromatic rings. The summed E-state index contributed by atoms with van der Waals surface area (Å²) < 4.78 is 0. The molecule has 1 aliphatic carbocycles. The van der Waals surface area contributed by atoms with Crippen molar-refractivity contribution in [3.8, 4) is 0 Å². The van der Waals surface area contributed by atoms with E-state index in [9.17, 15) is 20.1 Å². The van der Waals surface area contributed by atoms with E-state index in [0.717, 1.165) is 25.7 Å². The Hall–Kier alpha value is -0.910. The topological polar surface area (TPSA) is 98.0 Å². The van der Waals surface area contributed by atoms with Gasteiger partial charge in [-0.3, -0.25) is 0 Å². The Labute approximate surface area is 158 Å². The summed E-state index contributed by atoms with van der Waals surface area (Å²) in [5, 5.41) is 36.8. The second kappa shape index (κ2) is 12.5. The van der Waals surface area contributed by atoms with E-state index >= 15 is 0 Å². The molecule has 0 radical (unpaired) electrons. The monoisotopic (exact) mass is 370 g/mol. The third kappa shape index (κ3) is 8.65. The summed E-state index contributed by atoms with van der Waals surface area (Å²) in [6.07, 6.45) is 16.2. The molecule has 1 saturated carbocycles. The van der Waals surface area contributed by atoms with Crippen LogP contribution in [-0.4, -0.2) is 38.8 Å². The Kier molecular flexibility index (Phi) is 11.1. The standard InChI is InChI=1S/C21H38O5/c1-2-3-5-9-17(16-22)13-14-19-12-8-11-18(19)10-6-4-7-15-21(25,26)20(23)24/h13-14,17-19,22,25-26H,2-12,15-16H2,1H3,(H,23,24)/t17?,18-,19+/m0/s1. The molecule has 0 aromatic heterocycles. The summed E-state index contributed by atoms with van der Waals surface area (Å²) in [7, 11) is 0. The molecule has 0 amide bonds. The molecule has 0 aliphatic heterocycles. The number of hydrogen-bond donors (Lipinski definition) is 4. The maximum atomic E-state index is 10.6. The molecule has 0 spiro atoms. The molecule has 1 aliphatic rings. The van der Waals surface area contributed by atoms with Gasteiger partial charge in [0.2, 0.25) is 0 Å². The highest BCUT2D eigenvalue weighted by Gasteiger charge is 2.32. The number of allylic oxidation sites excluding steroid dienone is 1. The van der Waals surface area contributed by atoms with Crippen LogP contribution < -0.4 is 0 Å². The van der Waals surface area contributed by atoms with E-state index in [1.165, 1.54) is 38.5 Å². The van der Waals surface area contributed by atoms with Gasteiger partial charge < -0.3 is 20.4 Å². The summed E-state index contributed by atoms with van der Waals surface area (Å²) in [5.41, 5.74) is 0. The lowest BCUT2D eigenvalue weighted by molar-refractivity contribution is -0.205. The van der Waals surface area contributed by atoms with Crippen LogP contribution in [0.15, 0.2) is 12.2 Å². The Balaban J connectivity index is 2.29. The van der Waals surface area contributed by atoms with Crippen molar-refractivity contribution in [2.75, 3.05) is 6.61 Å². The molecule has 5 nitrogen and oxygen atoms in total. The minimum Gasteiger partial charge on any atom is -0.477 e. The number of carbonyl (C=O) groups is 1. The maximum Gasteiger partial charge on any atom is 0.364 e. The van der Waals surface area contributed by atoms with Gasteiger partial charge in [0, 0.05) is 13.0 Å². The maximum absolute atomic E-state index is 10.6. The van der Waals surface area contributed by atoms with Gasteiger partial charge in [0.05, 0.1) is 0 Å². The van der Waals surface area contributed by atoms with Crippen LogP contribution >= 0.6 is 0 Å². The second-order valence-electron chi connectivity index (χ2n) is 7.90. The third-order valence-corrected chi connectivity index (χ3v) is 5.70. The molecule has 5 heteroatoms. The van der Waals surface area contributed by atoms with E-state index in [0.29, 0.717) is 18.3 Å². The van der Waals surface area contributed by atoms with Gasteiger partial charge in [0.15, 0.2) is 0 Å². The highest BCUT2D eigenvalue weighted by Crippen LogP contribution is 2.36. The fourth-order valence-corrected chi connectivity index (χ4v) is 3.94. The molecule has 152 valence electrons. The van der Waals surface area contributed by atoms with Gasteiger partial charge in [-0.1, -0.05) is 57.6 Å². The third-order valence-electron chi connectivity index (χ3n) is 5.70. The molecule has 26 heavy (non-hydrogen) atoms. The number of hydrogen-bond acceptors (Lipinski definition) is 4. The number of rotatable bonds is 14. The molecule has 0 aromatic carbocycles. The predicted molar refractivity (Wildman–Crippen MR) is 103 cm³/mol. The zero-order valence-corrected chi connectivity index (χ0v) is 16.3. The van der Waals surface area contributed by atoms with Crippen LogP contribution in [0.3, 0.4) is 0 Å².